The highest BCUT2D eigenvalue weighted by molar-refractivity contribution is 5.99. The summed E-state index contributed by atoms with van der Waals surface area (Å²) in [5.74, 6) is 0.350. The normalized spacial score (nSPS) is 20.5. The van der Waals surface area contributed by atoms with Gasteiger partial charge in [0.1, 0.15) is 23.5 Å². The number of halogens is 3. The Bertz CT molecular complexity index is 1600. The van der Waals surface area contributed by atoms with E-state index in [1.165, 1.54) is 0 Å². The van der Waals surface area contributed by atoms with E-state index in [0.29, 0.717) is 55.1 Å². The van der Waals surface area contributed by atoms with Crippen LogP contribution in [0.25, 0.3) is 0 Å². The number of hydrogen-bond acceptors (Lipinski definition) is 6. The van der Waals surface area contributed by atoms with Gasteiger partial charge in [0.05, 0.1) is 6.10 Å². The monoisotopic (exact) mass is 662 g/mol. The lowest BCUT2D eigenvalue weighted by Gasteiger charge is -2.40. The average molecular weight is 663 g/mol. The molecule has 2 saturated heterocycles. The molecule has 1 N–H and O–H groups in total. The van der Waals surface area contributed by atoms with Crippen LogP contribution in [-0.2, 0) is 21.5 Å². The van der Waals surface area contributed by atoms with Crippen LogP contribution < -0.4 is 15.0 Å². The molecule has 11 heteroatoms. The molecule has 0 bridgehead atoms. The van der Waals surface area contributed by atoms with E-state index >= 15 is 0 Å². The number of benzene rings is 3. The molecular weight excluding hydrogens is 621 g/mol. The zero-order chi connectivity index (χ0) is 33.3. The summed E-state index contributed by atoms with van der Waals surface area (Å²) < 4.78 is 51.8. The summed E-state index contributed by atoms with van der Waals surface area (Å²) >= 11 is 0. The zero-order valence-electron chi connectivity index (χ0n) is 26.9. The second-order valence-electron chi connectivity index (χ2n) is 13.2. The van der Waals surface area contributed by atoms with E-state index in [1.54, 1.807) is 48.5 Å². The van der Waals surface area contributed by atoms with Gasteiger partial charge in [-0.2, -0.15) is 13.2 Å². The third kappa shape index (κ3) is 6.50. The fraction of sp³-hybridized carbons (Fsp3) is 0.459. The summed E-state index contributed by atoms with van der Waals surface area (Å²) in [5, 5.41) is 2.20. The van der Waals surface area contributed by atoms with Gasteiger partial charge in [-0.15, -0.1) is 0 Å². The van der Waals surface area contributed by atoms with Crippen molar-refractivity contribution in [1.82, 2.24) is 15.1 Å². The summed E-state index contributed by atoms with van der Waals surface area (Å²) in [6.07, 6.45) is -0.273. The summed E-state index contributed by atoms with van der Waals surface area (Å²) in [6.45, 7) is 4.46. The average Bonchev–Trinajstić information content (AvgIpc) is 3.40. The summed E-state index contributed by atoms with van der Waals surface area (Å²) in [7, 11) is 0. The van der Waals surface area contributed by atoms with Gasteiger partial charge in [0, 0.05) is 68.3 Å². The number of fused-ring (bicyclic) bond motifs is 3. The maximum absolute atomic E-state index is 13.9. The van der Waals surface area contributed by atoms with Gasteiger partial charge < -0.3 is 24.6 Å². The first kappa shape index (κ1) is 32.5. The van der Waals surface area contributed by atoms with E-state index < -0.39 is 24.0 Å². The highest BCUT2D eigenvalue weighted by atomic mass is 19.4. The topological polar surface area (TPSA) is 74.4 Å². The molecule has 4 aliphatic rings. The number of carbonyl (C=O) groups excluding carboxylic acids is 2. The highest BCUT2D eigenvalue weighted by Crippen LogP contribution is 2.50. The number of alkyl halides is 3. The fourth-order valence-corrected chi connectivity index (χ4v) is 7.73. The van der Waals surface area contributed by atoms with E-state index in [4.69, 9.17) is 9.47 Å². The Kier molecular flexibility index (Phi) is 9.08. The predicted molar refractivity (Wildman–Crippen MR) is 175 cm³/mol. The fourth-order valence-electron chi connectivity index (χ4n) is 7.73. The van der Waals surface area contributed by atoms with Gasteiger partial charge in [-0.1, -0.05) is 42.5 Å². The predicted octanol–water partition coefficient (Wildman–Crippen LogP) is 5.88. The summed E-state index contributed by atoms with van der Waals surface area (Å²) in [4.78, 5) is 33.7. The molecule has 8 nitrogen and oxygen atoms in total. The van der Waals surface area contributed by atoms with Gasteiger partial charge in [0.25, 0.3) is 5.91 Å². The number of anilines is 1. The molecule has 4 aliphatic heterocycles. The maximum atomic E-state index is 13.9. The first-order valence-electron chi connectivity index (χ1n) is 16.9. The van der Waals surface area contributed by atoms with E-state index in [1.807, 2.05) is 11.0 Å². The van der Waals surface area contributed by atoms with Crippen molar-refractivity contribution in [3.8, 4) is 11.5 Å². The smallest absolute Gasteiger partial charge is 0.405 e. The van der Waals surface area contributed by atoms with E-state index in [-0.39, 0.29) is 12.0 Å². The van der Waals surface area contributed by atoms with Gasteiger partial charge in [-0.25, -0.2) is 0 Å². The van der Waals surface area contributed by atoms with Crippen LogP contribution in [0.15, 0.2) is 66.7 Å². The first-order valence-corrected chi connectivity index (χ1v) is 16.9. The standard InChI is InChI=1S/C37H41F3N4O4/c38-37(39,40)25-41-35(46)36(30-9-1-3-11-32(30)48-33-12-4-2-10-31(33)36)15-7-16-42-17-19-43(20-18-42)27-14-13-26-23-44(34(45)29(26)22-27)24-28-8-5-6-21-47-28/h1-4,9-14,22,28H,5-8,15-21,23-25H2,(H,41,46). The molecule has 1 atom stereocenters. The Morgan fingerprint density at radius 3 is 2.31 bits per heavy atom. The molecule has 7 rings (SSSR count). The molecule has 2 fully saturated rings. The largest absolute Gasteiger partial charge is 0.457 e. The minimum atomic E-state index is -4.53. The van der Waals surface area contributed by atoms with Crippen molar-refractivity contribution in [2.45, 2.75) is 56.3 Å². The third-order valence-electron chi connectivity index (χ3n) is 10.2. The number of nitrogens with zero attached hydrogens (tertiary/aromatic N) is 3. The van der Waals surface area contributed by atoms with Crippen molar-refractivity contribution < 1.29 is 32.2 Å². The molecule has 48 heavy (non-hydrogen) atoms. The van der Waals surface area contributed by atoms with Gasteiger partial charge in [0.2, 0.25) is 5.91 Å². The molecule has 1 unspecified atom stereocenters. The molecular formula is C37H41F3N4O4. The molecule has 0 spiro atoms. The first-order chi connectivity index (χ1) is 23.2. The van der Waals surface area contributed by atoms with Crippen molar-refractivity contribution in [2.75, 3.05) is 57.3 Å². The zero-order valence-corrected chi connectivity index (χ0v) is 26.9. The van der Waals surface area contributed by atoms with Crippen molar-refractivity contribution in [2.24, 2.45) is 0 Å². The molecule has 2 amide bonds. The number of nitrogens with one attached hydrogen (secondary N) is 1. The Morgan fingerprint density at radius 1 is 0.938 bits per heavy atom. The lowest BCUT2D eigenvalue weighted by atomic mass is 9.68. The number of hydrogen-bond donors (Lipinski definition) is 1. The highest BCUT2D eigenvalue weighted by Gasteiger charge is 2.48. The molecule has 0 saturated carbocycles. The second kappa shape index (κ2) is 13.4. The number of ether oxygens (including phenoxy) is 2. The number of piperazine rings is 1. The van der Waals surface area contributed by atoms with Crippen LogP contribution in [0.1, 0.15) is 59.2 Å². The van der Waals surface area contributed by atoms with Crippen LogP contribution in [0, 0.1) is 0 Å². The van der Waals surface area contributed by atoms with Crippen molar-refractivity contribution in [3.63, 3.8) is 0 Å². The van der Waals surface area contributed by atoms with Gasteiger partial charge >= 0.3 is 6.18 Å². The number of amides is 2. The molecule has 0 aromatic heterocycles. The van der Waals surface area contributed by atoms with Gasteiger partial charge in [-0.05, 0) is 68.5 Å². The van der Waals surface area contributed by atoms with Crippen LogP contribution in [0.2, 0.25) is 0 Å². The van der Waals surface area contributed by atoms with Crippen molar-refractivity contribution in [3.05, 3.63) is 89.0 Å². The Balaban J connectivity index is 1.00. The third-order valence-corrected chi connectivity index (χ3v) is 10.2. The Labute approximate surface area is 278 Å². The summed E-state index contributed by atoms with van der Waals surface area (Å²) in [6, 6.07) is 20.4. The van der Waals surface area contributed by atoms with E-state index in [9.17, 15) is 22.8 Å². The van der Waals surface area contributed by atoms with E-state index in [2.05, 4.69) is 27.2 Å². The second-order valence-corrected chi connectivity index (χ2v) is 13.2. The van der Waals surface area contributed by atoms with Gasteiger partial charge in [-0.3, -0.25) is 14.5 Å². The van der Waals surface area contributed by atoms with Crippen LogP contribution in [-0.4, -0.2) is 86.3 Å². The van der Waals surface area contributed by atoms with Crippen molar-refractivity contribution >= 4 is 17.5 Å². The van der Waals surface area contributed by atoms with Gasteiger partial charge in [0.15, 0.2) is 0 Å². The van der Waals surface area contributed by atoms with Crippen LogP contribution in [0.4, 0.5) is 18.9 Å². The van der Waals surface area contributed by atoms with Crippen molar-refractivity contribution in [1.29, 1.82) is 0 Å². The molecule has 0 aliphatic carbocycles. The minimum Gasteiger partial charge on any atom is -0.457 e. The Morgan fingerprint density at radius 2 is 1.65 bits per heavy atom. The lowest BCUT2D eigenvalue weighted by molar-refractivity contribution is -0.141. The van der Waals surface area contributed by atoms with Crippen LogP contribution in [0.3, 0.4) is 0 Å². The number of para-hydroxylation sites is 2. The number of rotatable bonds is 9. The SMILES string of the molecule is O=C1c2cc(N3CCN(CCCC4(C(=O)NCC(F)(F)F)c5ccccc5Oc5ccccc54)CC3)ccc2CN1CC1CCCCO1. The molecule has 254 valence electrons. The molecule has 4 heterocycles. The van der Waals surface area contributed by atoms with Crippen LogP contribution >= 0.6 is 0 Å². The molecule has 3 aromatic rings. The number of carbonyl (C=O) groups is 2. The van der Waals surface area contributed by atoms with Crippen LogP contribution in [0.5, 0.6) is 11.5 Å². The Hall–Kier alpha value is -4.09. The lowest BCUT2D eigenvalue weighted by Crippen LogP contribution is -2.50. The quantitative estimate of drug-likeness (QED) is 0.309. The molecule has 3 aromatic carbocycles. The molecule has 0 radical (unpaired) electrons. The minimum absolute atomic E-state index is 0.0733. The van der Waals surface area contributed by atoms with E-state index in [0.717, 1.165) is 68.9 Å². The summed E-state index contributed by atoms with van der Waals surface area (Å²) in [5.41, 5.74) is 2.69. The maximum Gasteiger partial charge on any atom is 0.405 e.